The third kappa shape index (κ3) is 4.62. The van der Waals surface area contributed by atoms with Crippen LogP contribution in [0.1, 0.15) is 39.7 Å². The molecular formula is C18H27N3O4S. The monoisotopic (exact) mass is 381 g/mol. The Balaban J connectivity index is 2.17. The molecule has 0 saturated carbocycles. The van der Waals surface area contributed by atoms with E-state index in [0.717, 1.165) is 0 Å². The summed E-state index contributed by atoms with van der Waals surface area (Å²) < 4.78 is 27.4. The van der Waals surface area contributed by atoms with Crippen molar-refractivity contribution in [3.05, 3.63) is 23.8 Å². The van der Waals surface area contributed by atoms with Gasteiger partial charge in [0.05, 0.1) is 10.8 Å². The van der Waals surface area contributed by atoms with Crippen LogP contribution in [0.5, 0.6) is 0 Å². The predicted octanol–water partition coefficient (Wildman–Crippen LogP) is 1.88. The van der Waals surface area contributed by atoms with Crippen LogP contribution >= 0.6 is 0 Å². The second kappa shape index (κ2) is 7.75. The third-order valence-electron chi connectivity index (χ3n) is 4.29. The van der Waals surface area contributed by atoms with Crippen molar-refractivity contribution in [3.63, 3.8) is 0 Å². The van der Waals surface area contributed by atoms with E-state index in [4.69, 9.17) is 0 Å². The molecule has 144 valence electrons. The second-order valence-corrected chi connectivity index (χ2v) is 8.97. The van der Waals surface area contributed by atoms with Gasteiger partial charge in [-0.25, -0.2) is 13.1 Å². The van der Waals surface area contributed by atoms with Crippen LogP contribution < -0.4 is 10.0 Å². The van der Waals surface area contributed by atoms with Crippen LogP contribution in [0.4, 0.5) is 5.69 Å². The molecule has 1 aliphatic rings. The lowest BCUT2D eigenvalue weighted by molar-refractivity contribution is -0.129. The fraction of sp³-hybridized carbons (Fsp3) is 0.556. The highest BCUT2D eigenvalue weighted by atomic mass is 32.2. The van der Waals surface area contributed by atoms with Crippen LogP contribution in [-0.4, -0.2) is 43.8 Å². The van der Waals surface area contributed by atoms with Gasteiger partial charge < -0.3 is 10.2 Å². The van der Waals surface area contributed by atoms with Crippen LogP contribution in [-0.2, 0) is 19.6 Å². The molecule has 1 atom stereocenters. The summed E-state index contributed by atoms with van der Waals surface area (Å²) in [5, 5.41) is 2.75. The Bertz CT molecular complexity index is 803. The number of benzene rings is 1. The lowest BCUT2D eigenvalue weighted by atomic mass is 10.1. The number of carbonyl (C=O) groups excluding carboxylic acids is 2. The molecule has 2 N–H and O–H groups in total. The lowest BCUT2D eigenvalue weighted by Gasteiger charge is -2.20. The van der Waals surface area contributed by atoms with Crippen LogP contribution in [0.15, 0.2) is 23.1 Å². The standard InChI is InChI=1S/C18H27N3O4S/c1-11(2)20-26(24,25)16-9-15(7-6-13(16)5)19-18(23)14-8-17(22)21(10-14)12(3)4/h6-7,9,11-12,14,20H,8,10H2,1-5H3,(H,19,23). The molecule has 2 rings (SSSR count). The topological polar surface area (TPSA) is 95.6 Å². The Morgan fingerprint density at radius 1 is 1.23 bits per heavy atom. The molecule has 8 heteroatoms. The van der Waals surface area contributed by atoms with Gasteiger partial charge >= 0.3 is 0 Å². The maximum atomic E-state index is 12.5. The Labute approximate surface area is 155 Å². The van der Waals surface area contributed by atoms with Crippen LogP contribution in [0.3, 0.4) is 0 Å². The summed E-state index contributed by atoms with van der Waals surface area (Å²) in [5.74, 6) is -0.737. The quantitative estimate of drug-likeness (QED) is 0.786. The van der Waals surface area contributed by atoms with E-state index in [1.54, 1.807) is 37.8 Å². The number of amides is 2. The fourth-order valence-corrected chi connectivity index (χ4v) is 4.51. The predicted molar refractivity (Wildman–Crippen MR) is 100 cm³/mol. The number of hydrogen-bond donors (Lipinski definition) is 2. The van der Waals surface area contributed by atoms with Crippen molar-refractivity contribution in [1.82, 2.24) is 9.62 Å². The van der Waals surface area contributed by atoms with Gasteiger partial charge in [-0.3, -0.25) is 9.59 Å². The van der Waals surface area contributed by atoms with Gasteiger partial charge in [0.1, 0.15) is 0 Å². The normalized spacial score (nSPS) is 18.0. The summed E-state index contributed by atoms with van der Waals surface area (Å²) in [6.45, 7) is 9.41. The number of aryl methyl sites for hydroxylation is 1. The first kappa shape index (κ1) is 20.4. The first-order valence-electron chi connectivity index (χ1n) is 8.74. The number of anilines is 1. The van der Waals surface area contributed by atoms with E-state index >= 15 is 0 Å². The van der Waals surface area contributed by atoms with E-state index in [1.807, 2.05) is 13.8 Å². The molecule has 0 aliphatic carbocycles. The van der Waals surface area contributed by atoms with Gasteiger partial charge in [-0.05, 0) is 52.3 Å². The van der Waals surface area contributed by atoms with Gasteiger partial charge in [-0.15, -0.1) is 0 Å². The molecule has 1 saturated heterocycles. The molecule has 0 spiro atoms. The minimum Gasteiger partial charge on any atom is -0.339 e. The van der Waals surface area contributed by atoms with Gasteiger partial charge in [-0.2, -0.15) is 0 Å². The third-order valence-corrected chi connectivity index (χ3v) is 6.09. The highest BCUT2D eigenvalue weighted by Gasteiger charge is 2.35. The van der Waals surface area contributed by atoms with Gasteiger partial charge in [0.25, 0.3) is 0 Å². The number of nitrogens with one attached hydrogen (secondary N) is 2. The zero-order valence-electron chi connectivity index (χ0n) is 15.9. The molecule has 26 heavy (non-hydrogen) atoms. The van der Waals surface area contributed by atoms with Gasteiger partial charge in [0.15, 0.2) is 0 Å². The van der Waals surface area contributed by atoms with Crippen molar-refractivity contribution < 1.29 is 18.0 Å². The largest absolute Gasteiger partial charge is 0.339 e. The van der Waals surface area contributed by atoms with Crippen molar-refractivity contribution >= 4 is 27.5 Å². The summed E-state index contributed by atoms with van der Waals surface area (Å²) in [4.78, 5) is 26.3. The maximum Gasteiger partial charge on any atom is 0.241 e. The van der Waals surface area contributed by atoms with E-state index in [-0.39, 0.29) is 35.2 Å². The number of rotatable bonds is 6. The van der Waals surface area contributed by atoms with E-state index in [0.29, 0.717) is 17.8 Å². The smallest absolute Gasteiger partial charge is 0.241 e. The molecule has 7 nitrogen and oxygen atoms in total. The van der Waals surface area contributed by atoms with Crippen LogP contribution in [0.25, 0.3) is 0 Å². The molecule has 0 aromatic heterocycles. The number of sulfonamides is 1. The number of likely N-dealkylation sites (tertiary alicyclic amines) is 1. The van der Waals surface area contributed by atoms with E-state index < -0.39 is 15.9 Å². The van der Waals surface area contributed by atoms with Gasteiger partial charge in [-0.1, -0.05) is 6.07 Å². The number of hydrogen-bond acceptors (Lipinski definition) is 4. The zero-order valence-corrected chi connectivity index (χ0v) is 16.7. The molecular weight excluding hydrogens is 354 g/mol. The highest BCUT2D eigenvalue weighted by Crippen LogP contribution is 2.24. The van der Waals surface area contributed by atoms with E-state index in [2.05, 4.69) is 10.0 Å². The first-order valence-corrected chi connectivity index (χ1v) is 10.2. The SMILES string of the molecule is Cc1ccc(NC(=O)C2CC(=O)N(C(C)C)C2)cc1S(=O)(=O)NC(C)C. The molecule has 1 heterocycles. The first-order chi connectivity index (χ1) is 12.0. The second-order valence-electron chi connectivity index (χ2n) is 7.29. The molecule has 2 amide bonds. The maximum absolute atomic E-state index is 12.5. The molecule has 1 unspecified atom stereocenters. The molecule has 1 aromatic rings. The van der Waals surface area contributed by atoms with Crippen molar-refractivity contribution in [1.29, 1.82) is 0 Å². The molecule has 0 radical (unpaired) electrons. The number of nitrogens with zero attached hydrogens (tertiary/aromatic N) is 1. The molecule has 1 fully saturated rings. The van der Waals surface area contributed by atoms with Crippen LogP contribution in [0, 0.1) is 12.8 Å². The average Bonchev–Trinajstić information content (AvgIpc) is 2.90. The van der Waals surface area contributed by atoms with Crippen molar-refractivity contribution in [2.75, 3.05) is 11.9 Å². The zero-order chi connectivity index (χ0) is 19.6. The van der Waals surface area contributed by atoms with E-state index in [9.17, 15) is 18.0 Å². The van der Waals surface area contributed by atoms with Crippen molar-refractivity contribution in [2.24, 2.45) is 5.92 Å². The summed E-state index contributed by atoms with van der Waals surface area (Å²) in [6, 6.07) is 4.60. The van der Waals surface area contributed by atoms with E-state index in [1.165, 1.54) is 6.07 Å². The summed E-state index contributed by atoms with van der Waals surface area (Å²) >= 11 is 0. The number of carbonyl (C=O) groups is 2. The molecule has 0 bridgehead atoms. The van der Waals surface area contributed by atoms with Gasteiger partial charge in [0, 0.05) is 30.7 Å². The average molecular weight is 381 g/mol. The highest BCUT2D eigenvalue weighted by molar-refractivity contribution is 7.89. The Kier molecular flexibility index (Phi) is 6.08. The van der Waals surface area contributed by atoms with Crippen LogP contribution in [0.2, 0.25) is 0 Å². The minimum atomic E-state index is -3.66. The van der Waals surface area contributed by atoms with Gasteiger partial charge in [0.2, 0.25) is 21.8 Å². The fourth-order valence-electron chi connectivity index (χ4n) is 2.99. The minimum absolute atomic E-state index is 0.0338. The summed E-state index contributed by atoms with van der Waals surface area (Å²) in [6.07, 6.45) is 0.177. The summed E-state index contributed by atoms with van der Waals surface area (Å²) in [5.41, 5.74) is 0.998. The molecule has 1 aromatic carbocycles. The summed E-state index contributed by atoms with van der Waals surface area (Å²) in [7, 11) is -3.66. The van der Waals surface area contributed by atoms with Crippen molar-refractivity contribution in [3.8, 4) is 0 Å². The molecule has 1 aliphatic heterocycles. The Morgan fingerprint density at radius 2 is 1.88 bits per heavy atom. The Morgan fingerprint density at radius 3 is 2.42 bits per heavy atom. The lowest BCUT2D eigenvalue weighted by Crippen LogP contribution is -2.33. The Hall–Kier alpha value is -1.93. The van der Waals surface area contributed by atoms with Crippen molar-refractivity contribution in [2.45, 2.75) is 58.0 Å².